The Morgan fingerprint density at radius 2 is 1.77 bits per heavy atom. The molecule has 1 saturated heterocycles. The molecule has 3 unspecified atom stereocenters. The zero-order valence-electron chi connectivity index (χ0n) is 27.5. The monoisotopic (exact) mass is 684 g/mol. The molecule has 3 rings (SSSR count). The smallest absolute Gasteiger partial charge is 0.325 e. The van der Waals surface area contributed by atoms with Crippen molar-refractivity contribution < 1.29 is 33.5 Å². The molecular formula is C32H41ClN8O7. The molecule has 258 valence electrons. The van der Waals surface area contributed by atoms with Gasteiger partial charge in [0.25, 0.3) is 11.8 Å². The van der Waals surface area contributed by atoms with Crippen LogP contribution >= 0.6 is 11.6 Å². The molecule has 16 heteroatoms. The number of benzene rings is 1. The van der Waals surface area contributed by atoms with Crippen LogP contribution in [-0.4, -0.2) is 88.2 Å². The largest absolute Gasteiger partial charge is 0.465 e. The summed E-state index contributed by atoms with van der Waals surface area (Å²) in [6.07, 6.45) is 2.05. The number of nitrogens with zero attached hydrogens (tertiary/aromatic N) is 3. The number of likely N-dealkylation sites (tertiary alicyclic amines) is 1. The SMILES string of the molecule is CCOC(=O)CNC(=O)C(NC(=O)C1CCCN1C(=O)C(C)NC(=O)/C(=C/Nc1nc(C)cc(Cl)n1)NC(=O)c1ccccc1)C(C)C. The fourth-order valence-electron chi connectivity index (χ4n) is 4.83. The van der Waals surface area contributed by atoms with Gasteiger partial charge in [0.15, 0.2) is 0 Å². The van der Waals surface area contributed by atoms with Gasteiger partial charge in [0.05, 0.1) is 6.61 Å². The second kappa shape index (κ2) is 17.8. The van der Waals surface area contributed by atoms with Crippen LogP contribution in [0.1, 0.15) is 56.6 Å². The molecule has 5 N–H and O–H groups in total. The zero-order chi connectivity index (χ0) is 35.4. The van der Waals surface area contributed by atoms with Crippen LogP contribution in [0.5, 0.6) is 0 Å². The average Bonchev–Trinajstić information content (AvgIpc) is 3.54. The van der Waals surface area contributed by atoms with Gasteiger partial charge in [0, 0.05) is 24.0 Å². The molecule has 2 heterocycles. The lowest BCUT2D eigenvalue weighted by molar-refractivity contribution is -0.144. The molecule has 15 nitrogen and oxygen atoms in total. The Labute approximate surface area is 283 Å². The summed E-state index contributed by atoms with van der Waals surface area (Å²) in [6, 6.07) is 6.79. The minimum Gasteiger partial charge on any atom is -0.465 e. The third-order valence-corrected chi connectivity index (χ3v) is 7.41. The molecule has 0 saturated carbocycles. The summed E-state index contributed by atoms with van der Waals surface area (Å²) in [4.78, 5) is 87.3. The summed E-state index contributed by atoms with van der Waals surface area (Å²) in [6.45, 7) is 8.35. The molecule has 0 bridgehead atoms. The summed E-state index contributed by atoms with van der Waals surface area (Å²) in [7, 11) is 0. The molecule has 1 aromatic carbocycles. The maximum atomic E-state index is 13.6. The highest BCUT2D eigenvalue weighted by Gasteiger charge is 2.38. The van der Waals surface area contributed by atoms with Crippen molar-refractivity contribution in [3.8, 4) is 0 Å². The van der Waals surface area contributed by atoms with Gasteiger partial charge >= 0.3 is 5.97 Å². The van der Waals surface area contributed by atoms with Gasteiger partial charge in [-0.05, 0) is 57.7 Å². The molecule has 3 atom stereocenters. The number of anilines is 1. The Hall–Kier alpha value is -5.05. The fourth-order valence-corrected chi connectivity index (χ4v) is 5.07. The number of amides is 5. The molecular weight excluding hydrogens is 644 g/mol. The molecule has 1 aliphatic heterocycles. The molecule has 0 radical (unpaired) electrons. The highest BCUT2D eigenvalue weighted by molar-refractivity contribution is 6.29. The number of rotatable bonds is 14. The van der Waals surface area contributed by atoms with Crippen molar-refractivity contribution in [1.29, 1.82) is 0 Å². The normalized spacial score (nSPS) is 15.6. The van der Waals surface area contributed by atoms with Gasteiger partial charge in [-0.25, -0.2) is 9.97 Å². The highest BCUT2D eigenvalue weighted by Crippen LogP contribution is 2.20. The first kappa shape index (κ1) is 37.4. The zero-order valence-corrected chi connectivity index (χ0v) is 28.2. The number of aryl methyl sites for hydroxylation is 1. The van der Waals surface area contributed by atoms with Gasteiger partial charge in [-0.15, -0.1) is 0 Å². The lowest BCUT2D eigenvalue weighted by atomic mass is 10.0. The fraction of sp³-hybridized carbons (Fsp3) is 0.438. The first-order valence-corrected chi connectivity index (χ1v) is 15.9. The van der Waals surface area contributed by atoms with E-state index in [1.807, 2.05) is 0 Å². The molecule has 0 spiro atoms. The maximum Gasteiger partial charge on any atom is 0.325 e. The quantitative estimate of drug-likeness (QED) is 0.110. The number of carbonyl (C=O) groups is 6. The van der Waals surface area contributed by atoms with Gasteiger partial charge in [-0.1, -0.05) is 43.6 Å². The van der Waals surface area contributed by atoms with Crippen molar-refractivity contribution in [3.63, 3.8) is 0 Å². The predicted octanol–water partition coefficient (Wildman–Crippen LogP) is 1.44. The van der Waals surface area contributed by atoms with Crippen molar-refractivity contribution in [2.75, 3.05) is 25.0 Å². The minimum atomic E-state index is -1.11. The number of esters is 1. The maximum absolute atomic E-state index is 13.6. The van der Waals surface area contributed by atoms with Crippen molar-refractivity contribution >= 4 is 53.1 Å². The summed E-state index contributed by atoms with van der Waals surface area (Å²) in [5.74, 6) is -3.88. The van der Waals surface area contributed by atoms with Crippen LogP contribution in [0.3, 0.4) is 0 Å². The summed E-state index contributed by atoms with van der Waals surface area (Å²) in [5.41, 5.74) is 0.607. The van der Waals surface area contributed by atoms with E-state index in [1.165, 1.54) is 18.0 Å². The number of nitrogens with one attached hydrogen (secondary N) is 5. The van der Waals surface area contributed by atoms with Gasteiger partial charge in [-0.2, -0.15) is 0 Å². The molecule has 5 amide bonds. The van der Waals surface area contributed by atoms with E-state index in [0.717, 1.165) is 0 Å². The van der Waals surface area contributed by atoms with E-state index in [4.69, 9.17) is 16.3 Å². The Bertz CT molecular complexity index is 1520. The van der Waals surface area contributed by atoms with Gasteiger partial charge in [0.2, 0.25) is 23.7 Å². The first-order chi connectivity index (χ1) is 22.8. The number of hydrogen-bond donors (Lipinski definition) is 5. The van der Waals surface area contributed by atoms with E-state index in [2.05, 4.69) is 36.6 Å². The molecule has 48 heavy (non-hydrogen) atoms. The molecule has 2 aromatic rings. The highest BCUT2D eigenvalue weighted by atomic mass is 35.5. The number of ether oxygens (including phenoxy) is 1. The Kier molecular flexibility index (Phi) is 13.8. The van der Waals surface area contributed by atoms with Crippen LogP contribution in [0.2, 0.25) is 5.15 Å². The van der Waals surface area contributed by atoms with E-state index in [9.17, 15) is 28.8 Å². The van der Waals surface area contributed by atoms with Crippen LogP contribution in [0.4, 0.5) is 5.95 Å². The number of aromatic nitrogens is 2. The molecule has 0 aliphatic carbocycles. The number of hydrogen-bond acceptors (Lipinski definition) is 10. The number of halogens is 1. The Balaban J connectivity index is 1.71. The van der Waals surface area contributed by atoms with E-state index >= 15 is 0 Å². The van der Waals surface area contributed by atoms with Crippen molar-refractivity contribution in [2.24, 2.45) is 5.92 Å². The van der Waals surface area contributed by atoms with Crippen molar-refractivity contribution in [3.05, 3.63) is 64.7 Å². The molecule has 1 aliphatic rings. The van der Waals surface area contributed by atoms with E-state index < -0.39 is 53.6 Å². The standard InChI is InChI=1S/C32H41ClN8O7/c1-6-48-25(42)17-34-30(46)26(18(2)3)40-29(45)23-13-10-14-41(23)31(47)20(5)37-28(44)22(38-27(43)21-11-8-7-9-12-21)16-35-32-36-19(4)15-24(33)39-32/h7-9,11-12,15-16,18,20,23,26H,6,10,13-14,17H2,1-5H3,(H,34,46)(H,37,44)(H,38,43)(H,40,45)(H,35,36,39)/b22-16-. The van der Waals surface area contributed by atoms with Crippen LogP contribution in [0.25, 0.3) is 0 Å². The molecule has 1 fully saturated rings. The summed E-state index contributed by atoms with van der Waals surface area (Å²) >= 11 is 6.02. The lowest BCUT2D eigenvalue weighted by Crippen LogP contribution is -2.57. The van der Waals surface area contributed by atoms with Crippen LogP contribution in [0.15, 0.2) is 48.3 Å². The summed E-state index contributed by atoms with van der Waals surface area (Å²) < 4.78 is 4.83. The van der Waals surface area contributed by atoms with Crippen LogP contribution in [-0.2, 0) is 28.7 Å². The predicted molar refractivity (Wildman–Crippen MR) is 176 cm³/mol. The van der Waals surface area contributed by atoms with Gasteiger partial charge in [-0.3, -0.25) is 28.8 Å². The van der Waals surface area contributed by atoms with Crippen molar-refractivity contribution in [1.82, 2.24) is 36.1 Å². The van der Waals surface area contributed by atoms with E-state index in [0.29, 0.717) is 18.5 Å². The average molecular weight is 685 g/mol. The lowest BCUT2D eigenvalue weighted by Gasteiger charge is -2.29. The molecule has 1 aromatic heterocycles. The van der Waals surface area contributed by atoms with Gasteiger partial charge < -0.3 is 36.2 Å². The van der Waals surface area contributed by atoms with E-state index in [-0.39, 0.29) is 48.0 Å². The third-order valence-electron chi connectivity index (χ3n) is 7.21. The van der Waals surface area contributed by atoms with Crippen LogP contribution < -0.4 is 26.6 Å². The second-order valence-electron chi connectivity index (χ2n) is 11.3. The Morgan fingerprint density at radius 3 is 2.42 bits per heavy atom. The second-order valence-corrected chi connectivity index (χ2v) is 11.7. The Morgan fingerprint density at radius 1 is 1.06 bits per heavy atom. The van der Waals surface area contributed by atoms with Crippen LogP contribution in [0, 0.1) is 12.8 Å². The summed E-state index contributed by atoms with van der Waals surface area (Å²) in [5, 5.41) is 13.2. The van der Waals surface area contributed by atoms with E-state index in [1.54, 1.807) is 64.1 Å². The first-order valence-electron chi connectivity index (χ1n) is 15.5. The topological polar surface area (TPSA) is 201 Å². The van der Waals surface area contributed by atoms with Crippen molar-refractivity contribution in [2.45, 2.75) is 65.6 Å². The van der Waals surface area contributed by atoms with Gasteiger partial charge in [0.1, 0.15) is 35.5 Å². The third kappa shape index (κ3) is 10.8. The minimum absolute atomic E-state index is 0.0728. The number of carbonyl (C=O) groups excluding carboxylic acids is 6.